The average molecular weight is 313 g/mol. The van der Waals surface area contributed by atoms with E-state index in [1.807, 2.05) is 18.2 Å². The van der Waals surface area contributed by atoms with Crippen molar-refractivity contribution in [1.82, 2.24) is 5.32 Å². The van der Waals surface area contributed by atoms with E-state index in [2.05, 4.69) is 12.2 Å². The van der Waals surface area contributed by atoms with Crippen LogP contribution in [0.15, 0.2) is 18.2 Å². The molecule has 6 heteroatoms. The average Bonchev–Trinajstić information content (AvgIpc) is 2.96. The molecule has 0 radical (unpaired) electrons. The topological polar surface area (TPSA) is 56.8 Å². The van der Waals surface area contributed by atoms with E-state index in [0.29, 0.717) is 18.1 Å². The summed E-state index contributed by atoms with van der Waals surface area (Å²) in [5.41, 5.74) is 1.08. The Morgan fingerprint density at radius 3 is 2.95 bits per heavy atom. The Hall–Kier alpha value is -1.11. The van der Waals surface area contributed by atoms with Crippen LogP contribution >= 0.6 is 0 Å². The number of ether oxygens (including phenoxy) is 3. The Kier molecular flexibility index (Phi) is 6.48. The fourth-order valence-corrected chi connectivity index (χ4v) is 3.37. The van der Waals surface area contributed by atoms with Crippen molar-refractivity contribution >= 4 is 10.8 Å². The molecule has 0 aliphatic carbocycles. The van der Waals surface area contributed by atoms with Gasteiger partial charge in [-0.15, -0.1) is 0 Å². The van der Waals surface area contributed by atoms with Crippen LogP contribution in [0.2, 0.25) is 0 Å². The fraction of sp³-hybridized carbons (Fsp3) is 0.600. The molecule has 1 heterocycles. The highest BCUT2D eigenvalue weighted by molar-refractivity contribution is 7.85. The van der Waals surface area contributed by atoms with Gasteiger partial charge in [-0.2, -0.15) is 0 Å². The van der Waals surface area contributed by atoms with Gasteiger partial charge in [-0.1, -0.05) is 13.0 Å². The van der Waals surface area contributed by atoms with Crippen LogP contribution in [0.3, 0.4) is 0 Å². The highest BCUT2D eigenvalue weighted by Crippen LogP contribution is 2.34. The molecule has 0 fully saturated rings. The van der Waals surface area contributed by atoms with Gasteiger partial charge in [0.25, 0.3) is 0 Å². The van der Waals surface area contributed by atoms with Crippen molar-refractivity contribution in [2.45, 2.75) is 19.4 Å². The third-order valence-corrected chi connectivity index (χ3v) is 4.63. The Balaban J connectivity index is 2.05. The Morgan fingerprint density at radius 1 is 1.38 bits per heavy atom. The molecule has 2 unspecified atom stereocenters. The first-order valence-electron chi connectivity index (χ1n) is 7.21. The van der Waals surface area contributed by atoms with E-state index in [0.717, 1.165) is 30.0 Å². The third-order valence-electron chi connectivity index (χ3n) is 3.31. The summed E-state index contributed by atoms with van der Waals surface area (Å²) in [6, 6.07) is 5.95. The summed E-state index contributed by atoms with van der Waals surface area (Å²) in [6.45, 7) is 3.80. The van der Waals surface area contributed by atoms with Crippen LogP contribution in [0.5, 0.6) is 11.5 Å². The molecule has 5 nitrogen and oxygen atoms in total. The number of rotatable bonds is 9. The van der Waals surface area contributed by atoms with Gasteiger partial charge in [0.05, 0.1) is 6.61 Å². The van der Waals surface area contributed by atoms with Crippen LogP contribution < -0.4 is 14.8 Å². The highest BCUT2D eigenvalue weighted by atomic mass is 32.2. The predicted octanol–water partition coefficient (Wildman–Crippen LogP) is 1.85. The first kappa shape index (κ1) is 16.3. The number of nitrogens with one attached hydrogen (secondary N) is 1. The van der Waals surface area contributed by atoms with Crippen molar-refractivity contribution in [3.63, 3.8) is 0 Å². The summed E-state index contributed by atoms with van der Waals surface area (Å²) in [4.78, 5) is 0. The maximum absolute atomic E-state index is 12.1. The minimum atomic E-state index is -0.912. The van der Waals surface area contributed by atoms with Gasteiger partial charge < -0.3 is 19.5 Å². The summed E-state index contributed by atoms with van der Waals surface area (Å²) in [5.74, 6) is 2.67. The molecular weight excluding hydrogens is 290 g/mol. The third kappa shape index (κ3) is 4.69. The molecule has 1 N–H and O–H groups in total. The number of hydrogen-bond acceptors (Lipinski definition) is 5. The zero-order valence-electron chi connectivity index (χ0n) is 12.6. The van der Waals surface area contributed by atoms with Crippen molar-refractivity contribution in [3.8, 4) is 11.5 Å². The summed E-state index contributed by atoms with van der Waals surface area (Å²) in [7, 11) is 0.715. The lowest BCUT2D eigenvalue weighted by atomic mass is 10.1. The molecule has 0 saturated heterocycles. The molecule has 0 saturated carbocycles. The van der Waals surface area contributed by atoms with E-state index in [1.165, 1.54) is 0 Å². The lowest BCUT2D eigenvalue weighted by Gasteiger charge is -2.19. The second-order valence-electron chi connectivity index (χ2n) is 4.92. The van der Waals surface area contributed by atoms with E-state index in [4.69, 9.17) is 14.2 Å². The van der Waals surface area contributed by atoms with Crippen LogP contribution in [0.4, 0.5) is 0 Å². The quantitative estimate of drug-likeness (QED) is 0.754. The molecule has 0 spiro atoms. The Bertz CT molecular complexity index is 481. The largest absolute Gasteiger partial charge is 0.454 e. The van der Waals surface area contributed by atoms with E-state index in [-0.39, 0.29) is 12.8 Å². The highest BCUT2D eigenvalue weighted by Gasteiger charge is 2.19. The number of fused-ring (bicyclic) bond motifs is 1. The van der Waals surface area contributed by atoms with Gasteiger partial charge in [-0.05, 0) is 30.7 Å². The molecule has 1 aliphatic rings. The van der Waals surface area contributed by atoms with Gasteiger partial charge in [0.1, 0.15) is 0 Å². The molecule has 1 aliphatic heterocycles. The molecule has 1 aromatic carbocycles. The van der Waals surface area contributed by atoms with Gasteiger partial charge in [0, 0.05) is 35.5 Å². The lowest BCUT2D eigenvalue weighted by Crippen LogP contribution is -2.28. The monoisotopic (exact) mass is 313 g/mol. The number of methoxy groups -OCH3 is 1. The molecule has 0 amide bonds. The lowest BCUT2D eigenvalue weighted by molar-refractivity contribution is 0.174. The summed E-state index contributed by atoms with van der Waals surface area (Å²) >= 11 is 0. The molecule has 1 aromatic rings. The standard InChI is InChI=1S/C15H23NO4S/c1-3-6-16-13(10-21(17)8-7-18-2)12-4-5-14-15(9-12)20-11-19-14/h4-5,9,13,16H,3,6-8,10-11H2,1-2H3. The van der Waals surface area contributed by atoms with E-state index >= 15 is 0 Å². The van der Waals surface area contributed by atoms with Crippen molar-refractivity contribution < 1.29 is 18.4 Å². The zero-order valence-corrected chi connectivity index (χ0v) is 13.4. The van der Waals surface area contributed by atoms with E-state index in [1.54, 1.807) is 7.11 Å². The Labute approximate surface area is 128 Å². The first-order valence-corrected chi connectivity index (χ1v) is 8.70. The molecule has 118 valence electrons. The van der Waals surface area contributed by atoms with Crippen molar-refractivity contribution in [2.24, 2.45) is 0 Å². The first-order chi connectivity index (χ1) is 10.2. The van der Waals surface area contributed by atoms with Crippen molar-refractivity contribution in [3.05, 3.63) is 23.8 Å². The molecule has 21 heavy (non-hydrogen) atoms. The SMILES string of the molecule is CCCNC(CS(=O)CCOC)c1ccc2c(c1)OCO2. The van der Waals surface area contributed by atoms with E-state index in [9.17, 15) is 4.21 Å². The van der Waals surface area contributed by atoms with Crippen molar-refractivity contribution in [1.29, 1.82) is 0 Å². The summed E-state index contributed by atoms with van der Waals surface area (Å²) in [5, 5.41) is 3.45. The van der Waals surface area contributed by atoms with Crippen molar-refractivity contribution in [2.75, 3.05) is 38.6 Å². The van der Waals surface area contributed by atoms with Gasteiger partial charge in [-0.25, -0.2) is 0 Å². The van der Waals surface area contributed by atoms with Crippen LogP contribution in [-0.2, 0) is 15.5 Å². The predicted molar refractivity (Wildman–Crippen MR) is 83.4 cm³/mol. The molecule has 2 atom stereocenters. The van der Waals surface area contributed by atoms with Gasteiger partial charge >= 0.3 is 0 Å². The second-order valence-corrected chi connectivity index (χ2v) is 6.54. The number of benzene rings is 1. The van der Waals surface area contributed by atoms with Crippen LogP contribution in [0, 0.1) is 0 Å². The van der Waals surface area contributed by atoms with Gasteiger partial charge in [-0.3, -0.25) is 4.21 Å². The summed E-state index contributed by atoms with van der Waals surface area (Å²) in [6.07, 6.45) is 1.03. The number of hydrogen-bond donors (Lipinski definition) is 1. The Morgan fingerprint density at radius 2 is 2.19 bits per heavy atom. The fourth-order valence-electron chi connectivity index (χ4n) is 2.17. The second kappa shape index (κ2) is 8.36. The molecule has 0 bridgehead atoms. The molecular formula is C15H23NO4S. The van der Waals surface area contributed by atoms with E-state index < -0.39 is 10.8 Å². The zero-order chi connectivity index (χ0) is 15.1. The van der Waals surface area contributed by atoms with Crippen LogP contribution in [0.25, 0.3) is 0 Å². The molecule has 0 aromatic heterocycles. The maximum Gasteiger partial charge on any atom is 0.231 e. The normalized spacial score (nSPS) is 15.9. The molecule has 2 rings (SSSR count). The minimum Gasteiger partial charge on any atom is -0.454 e. The maximum atomic E-state index is 12.1. The summed E-state index contributed by atoms with van der Waals surface area (Å²) < 4.78 is 27.9. The minimum absolute atomic E-state index is 0.0529. The van der Waals surface area contributed by atoms with Gasteiger partial charge in [0.15, 0.2) is 11.5 Å². The van der Waals surface area contributed by atoms with Crippen LogP contribution in [-0.4, -0.2) is 42.8 Å². The van der Waals surface area contributed by atoms with Gasteiger partial charge in [0.2, 0.25) is 6.79 Å². The van der Waals surface area contributed by atoms with Crippen LogP contribution in [0.1, 0.15) is 24.9 Å². The smallest absolute Gasteiger partial charge is 0.231 e.